The zero-order valence-corrected chi connectivity index (χ0v) is 9.98. The SMILES string of the molecule is O=C1[C@@H]2CCCN2C(=O)N1c1ccc([N+](=O)[O-])cc1. The maximum atomic E-state index is 12.1. The molecule has 1 aromatic rings. The van der Waals surface area contributed by atoms with Crippen LogP contribution in [0.2, 0.25) is 0 Å². The van der Waals surface area contributed by atoms with E-state index in [1.54, 1.807) is 4.90 Å². The minimum absolute atomic E-state index is 0.0663. The minimum atomic E-state index is -0.518. The number of nitro benzene ring substituents is 1. The van der Waals surface area contributed by atoms with Crippen LogP contribution in [0.15, 0.2) is 24.3 Å². The first kappa shape index (κ1) is 11.6. The molecule has 3 amide bonds. The maximum Gasteiger partial charge on any atom is 0.332 e. The molecule has 0 spiro atoms. The first-order valence-electron chi connectivity index (χ1n) is 5.98. The van der Waals surface area contributed by atoms with E-state index in [-0.39, 0.29) is 23.7 Å². The van der Waals surface area contributed by atoms with E-state index in [9.17, 15) is 19.7 Å². The molecule has 7 heteroatoms. The molecule has 2 aliphatic rings. The predicted octanol–water partition coefficient (Wildman–Crippen LogP) is 1.53. The van der Waals surface area contributed by atoms with Crippen LogP contribution in [0.5, 0.6) is 0 Å². The molecule has 0 aliphatic carbocycles. The summed E-state index contributed by atoms with van der Waals surface area (Å²) in [5, 5.41) is 10.6. The molecule has 0 saturated carbocycles. The third kappa shape index (κ3) is 1.66. The number of carbonyl (C=O) groups is 2. The van der Waals surface area contributed by atoms with Crippen LogP contribution in [0.4, 0.5) is 16.2 Å². The van der Waals surface area contributed by atoms with Crippen molar-refractivity contribution >= 4 is 23.3 Å². The van der Waals surface area contributed by atoms with Crippen molar-refractivity contribution in [1.29, 1.82) is 0 Å². The average Bonchev–Trinajstić information content (AvgIpc) is 2.95. The van der Waals surface area contributed by atoms with Crippen LogP contribution in [0.25, 0.3) is 0 Å². The lowest BCUT2D eigenvalue weighted by Gasteiger charge is -2.15. The number of rotatable bonds is 2. The Hall–Kier alpha value is -2.44. The fourth-order valence-electron chi connectivity index (χ4n) is 2.59. The van der Waals surface area contributed by atoms with Gasteiger partial charge in [0.15, 0.2) is 0 Å². The van der Waals surface area contributed by atoms with Gasteiger partial charge in [0, 0.05) is 18.7 Å². The molecule has 19 heavy (non-hydrogen) atoms. The number of nitrogens with zero attached hydrogens (tertiary/aromatic N) is 3. The van der Waals surface area contributed by atoms with Gasteiger partial charge in [-0.05, 0) is 25.0 Å². The standard InChI is InChI=1S/C12H11N3O4/c16-11-10-2-1-7-13(10)12(17)14(11)8-3-5-9(6-4-8)15(18)19/h3-6,10H,1-2,7H2/t10-/m0/s1. The Kier molecular flexibility index (Phi) is 2.48. The maximum absolute atomic E-state index is 12.1. The highest BCUT2D eigenvalue weighted by Crippen LogP contribution is 2.31. The number of amides is 3. The molecule has 1 atom stereocenters. The number of non-ortho nitro benzene ring substituents is 1. The number of nitro groups is 1. The third-order valence-corrected chi connectivity index (χ3v) is 3.51. The molecule has 7 nitrogen and oxygen atoms in total. The monoisotopic (exact) mass is 261 g/mol. The second-order valence-corrected chi connectivity index (χ2v) is 4.58. The van der Waals surface area contributed by atoms with Crippen molar-refractivity contribution in [1.82, 2.24) is 4.90 Å². The number of hydrogen-bond donors (Lipinski definition) is 0. The summed E-state index contributed by atoms with van der Waals surface area (Å²) in [6.07, 6.45) is 1.53. The summed E-state index contributed by atoms with van der Waals surface area (Å²) in [5.74, 6) is -0.239. The van der Waals surface area contributed by atoms with Gasteiger partial charge in [-0.2, -0.15) is 0 Å². The summed E-state index contributed by atoms with van der Waals surface area (Å²) in [5.41, 5.74) is 0.318. The Balaban J connectivity index is 1.92. The van der Waals surface area contributed by atoms with E-state index in [1.165, 1.54) is 24.3 Å². The topological polar surface area (TPSA) is 83.8 Å². The van der Waals surface area contributed by atoms with Gasteiger partial charge < -0.3 is 4.90 Å². The lowest BCUT2D eigenvalue weighted by atomic mass is 10.2. The highest BCUT2D eigenvalue weighted by molar-refractivity contribution is 6.21. The molecule has 0 unspecified atom stereocenters. The molecular formula is C12H11N3O4. The number of hydrogen-bond acceptors (Lipinski definition) is 4. The van der Waals surface area contributed by atoms with Crippen molar-refractivity contribution in [2.45, 2.75) is 18.9 Å². The zero-order chi connectivity index (χ0) is 13.6. The number of carbonyl (C=O) groups excluding carboxylic acids is 2. The molecule has 2 fully saturated rings. The van der Waals surface area contributed by atoms with Gasteiger partial charge in [-0.1, -0.05) is 0 Å². The van der Waals surface area contributed by atoms with Gasteiger partial charge in [-0.25, -0.2) is 9.69 Å². The lowest BCUT2D eigenvalue weighted by molar-refractivity contribution is -0.384. The number of fused-ring (bicyclic) bond motifs is 1. The summed E-state index contributed by atoms with van der Waals surface area (Å²) < 4.78 is 0. The van der Waals surface area contributed by atoms with Crippen LogP contribution in [-0.4, -0.2) is 34.3 Å². The highest BCUT2D eigenvalue weighted by atomic mass is 16.6. The molecule has 0 aromatic heterocycles. The van der Waals surface area contributed by atoms with E-state index in [4.69, 9.17) is 0 Å². The molecule has 2 aliphatic heterocycles. The molecule has 2 heterocycles. The van der Waals surface area contributed by atoms with Gasteiger partial charge in [0.25, 0.3) is 11.6 Å². The van der Waals surface area contributed by atoms with E-state index in [1.807, 2.05) is 0 Å². The zero-order valence-electron chi connectivity index (χ0n) is 9.98. The summed E-state index contributed by atoms with van der Waals surface area (Å²) in [7, 11) is 0. The minimum Gasteiger partial charge on any atom is -0.312 e. The fourth-order valence-corrected chi connectivity index (χ4v) is 2.59. The largest absolute Gasteiger partial charge is 0.332 e. The Morgan fingerprint density at radius 3 is 2.47 bits per heavy atom. The smallest absolute Gasteiger partial charge is 0.312 e. The molecule has 0 radical (unpaired) electrons. The van der Waals surface area contributed by atoms with Gasteiger partial charge >= 0.3 is 6.03 Å². The second-order valence-electron chi connectivity index (χ2n) is 4.58. The van der Waals surface area contributed by atoms with E-state index < -0.39 is 4.92 Å². The molecule has 3 rings (SSSR count). The number of benzene rings is 1. The van der Waals surface area contributed by atoms with Gasteiger partial charge in [-0.3, -0.25) is 14.9 Å². The molecule has 1 aromatic carbocycles. The van der Waals surface area contributed by atoms with Crippen molar-refractivity contribution in [2.75, 3.05) is 11.4 Å². The van der Waals surface area contributed by atoms with Crippen molar-refractivity contribution < 1.29 is 14.5 Å². The van der Waals surface area contributed by atoms with Crippen molar-refractivity contribution in [3.63, 3.8) is 0 Å². The Morgan fingerprint density at radius 2 is 1.89 bits per heavy atom. The van der Waals surface area contributed by atoms with Crippen LogP contribution in [0.1, 0.15) is 12.8 Å². The van der Waals surface area contributed by atoms with E-state index in [0.29, 0.717) is 18.7 Å². The van der Waals surface area contributed by atoms with Crippen LogP contribution >= 0.6 is 0 Å². The van der Waals surface area contributed by atoms with Crippen LogP contribution in [0, 0.1) is 10.1 Å². The highest BCUT2D eigenvalue weighted by Gasteiger charge is 2.47. The second kappa shape index (κ2) is 4.04. The van der Waals surface area contributed by atoms with E-state index >= 15 is 0 Å². The average molecular weight is 261 g/mol. The summed E-state index contributed by atoms with van der Waals surface area (Å²) in [6.45, 7) is 0.596. The molecule has 98 valence electrons. The van der Waals surface area contributed by atoms with E-state index in [0.717, 1.165) is 11.3 Å². The summed E-state index contributed by atoms with van der Waals surface area (Å²) in [4.78, 5) is 37.0. The van der Waals surface area contributed by atoms with Gasteiger partial charge in [0.05, 0.1) is 10.6 Å². The van der Waals surface area contributed by atoms with Crippen LogP contribution in [0.3, 0.4) is 0 Å². The summed E-state index contributed by atoms with van der Waals surface area (Å²) in [6, 6.07) is 4.74. The molecular weight excluding hydrogens is 250 g/mol. The molecule has 0 N–H and O–H groups in total. The molecule has 0 bridgehead atoms. The first-order chi connectivity index (χ1) is 9.09. The van der Waals surface area contributed by atoms with E-state index in [2.05, 4.69) is 0 Å². The lowest BCUT2D eigenvalue weighted by Crippen LogP contribution is -2.32. The van der Waals surface area contributed by atoms with Crippen molar-refractivity contribution in [2.24, 2.45) is 0 Å². The Morgan fingerprint density at radius 1 is 1.21 bits per heavy atom. The summed E-state index contributed by atoms with van der Waals surface area (Å²) >= 11 is 0. The third-order valence-electron chi connectivity index (χ3n) is 3.51. The Bertz CT molecular complexity index is 547. The first-order valence-corrected chi connectivity index (χ1v) is 5.98. The van der Waals surface area contributed by atoms with Crippen molar-refractivity contribution in [3.8, 4) is 0 Å². The van der Waals surface area contributed by atoms with Gasteiger partial charge in [0.2, 0.25) is 0 Å². The Labute approximate surface area is 108 Å². The van der Waals surface area contributed by atoms with Crippen LogP contribution < -0.4 is 4.90 Å². The van der Waals surface area contributed by atoms with Crippen molar-refractivity contribution in [3.05, 3.63) is 34.4 Å². The fraction of sp³-hybridized carbons (Fsp3) is 0.333. The number of anilines is 1. The van der Waals surface area contributed by atoms with Gasteiger partial charge in [0.1, 0.15) is 6.04 Å². The number of imide groups is 1. The molecule has 2 saturated heterocycles. The van der Waals surface area contributed by atoms with Gasteiger partial charge in [-0.15, -0.1) is 0 Å². The number of urea groups is 1. The normalized spacial score (nSPS) is 22.0. The predicted molar refractivity (Wildman–Crippen MR) is 65.7 cm³/mol. The van der Waals surface area contributed by atoms with Crippen LogP contribution in [-0.2, 0) is 4.79 Å². The quantitative estimate of drug-likeness (QED) is 0.459.